The number of nitrogens with zero attached hydrogens (tertiary/aromatic N) is 1. The van der Waals surface area contributed by atoms with Crippen LogP contribution in [0.4, 0.5) is 0 Å². The molecule has 0 radical (unpaired) electrons. The van der Waals surface area contributed by atoms with Crippen molar-refractivity contribution in [2.75, 3.05) is 0 Å². The summed E-state index contributed by atoms with van der Waals surface area (Å²) in [6.07, 6.45) is 0. The van der Waals surface area contributed by atoms with E-state index in [1.165, 1.54) is 0 Å². The highest BCUT2D eigenvalue weighted by molar-refractivity contribution is 7.24. The lowest BCUT2D eigenvalue weighted by atomic mass is 10.2. The number of halogens is 1. The number of hydrogen-bond acceptors (Lipinski definition) is 3. The average Bonchev–Trinajstić information content (AvgIpc) is 2.28. The van der Waals surface area contributed by atoms with Crippen LogP contribution >= 0.6 is 22.9 Å². The molecule has 84 valence electrons. The lowest BCUT2D eigenvalue weighted by Gasteiger charge is -2.03. The molecule has 0 fully saturated rings. The minimum Gasteiger partial charge on any atom is -0.288 e. The maximum atomic E-state index is 12.3. The molecule has 0 spiro atoms. The molecule has 0 bridgehead atoms. The Bertz CT molecular complexity index is 794. The predicted molar refractivity (Wildman–Crippen MR) is 73.1 cm³/mol. The van der Waals surface area contributed by atoms with E-state index < -0.39 is 0 Å². The molecule has 0 amide bonds. The molecule has 0 N–H and O–H groups in total. The van der Waals surface area contributed by atoms with Crippen molar-refractivity contribution in [1.82, 2.24) is 4.98 Å². The first kappa shape index (κ1) is 10.7. The van der Waals surface area contributed by atoms with Crippen LogP contribution in [0.3, 0.4) is 0 Å². The van der Waals surface area contributed by atoms with Crippen molar-refractivity contribution in [3.8, 4) is 0 Å². The molecule has 3 aromatic rings. The van der Waals surface area contributed by atoms with E-state index in [0.29, 0.717) is 15.9 Å². The summed E-state index contributed by atoms with van der Waals surface area (Å²) >= 11 is 7.63. The third kappa shape index (κ3) is 1.63. The van der Waals surface area contributed by atoms with Gasteiger partial charge in [-0.3, -0.25) is 4.79 Å². The number of pyridine rings is 1. The zero-order chi connectivity index (χ0) is 12.0. The maximum absolute atomic E-state index is 12.3. The van der Waals surface area contributed by atoms with Gasteiger partial charge in [-0.1, -0.05) is 23.7 Å². The smallest absolute Gasteiger partial charge is 0.198 e. The Morgan fingerprint density at radius 3 is 2.82 bits per heavy atom. The maximum Gasteiger partial charge on any atom is 0.198 e. The molecule has 3 rings (SSSR count). The van der Waals surface area contributed by atoms with Gasteiger partial charge in [0.05, 0.1) is 5.39 Å². The molecule has 2 heterocycles. The van der Waals surface area contributed by atoms with Gasteiger partial charge in [-0.15, -0.1) is 11.3 Å². The second-order valence-corrected chi connectivity index (χ2v) is 5.30. The van der Waals surface area contributed by atoms with Gasteiger partial charge in [-0.25, -0.2) is 4.98 Å². The second-order valence-electron chi connectivity index (χ2n) is 3.85. The Morgan fingerprint density at radius 1 is 1.24 bits per heavy atom. The quantitative estimate of drug-likeness (QED) is 0.455. The van der Waals surface area contributed by atoms with Gasteiger partial charge in [0.15, 0.2) is 5.43 Å². The van der Waals surface area contributed by atoms with Gasteiger partial charge in [-0.05, 0) is 25.1 Å². The third-order valence-electron chi connectivity index (χ3n) is 2.65. The van der Waals surface area contributed by atoms with E-state index in [1.54, 1.807) is 11.3 Å². The van der Waals surface area contributed by atoms with Crippen LogP contribution in [0.5, 0.6) is 0 Å². The Labute approximate surface area is 106 Å². The minimum absolute atomic E-state index is 0.0353. The largest absolute Gasteiger partial charge is 0.288 e. The summed E-state index contributed by atoms with van der Waals surface area (Å²) in [4.78, 5) is 16.4. The summed E-state index contributed by atoms with van der Waals surface area (Å²) in [6.45, 7) is 1.87. The molecular weight excluding hydrogens is 254 g/mol. The van der Waals surface area contributed by atoms with E-state index in [2.05, 4.69) is 4.98 Å². The molecule has 2 aromatic heterocycles. The molecular formula is C13H8ClNOS. The zero-order valence-electron chi connectivity index (χ0n) is 9.03. The summed E-state index contributed by atoms with van der Waals surface area (Å²) in [5.74, 6) is 0. The van der Waals surface area contributed by atoms with Gasteiger partial charge in [0.2, 0.25) is 0 Å². The molecule has 0 unspecified atom stereocenters. The molecule has 0 aliphatic carbocycles. The average molecular weight is 262 g/mol. The number of fused-ring (bicyclic) bond motifs is 2. The fourth-order valence-corrected chi connectivity index (χ4v) is 3.44. The van der Waals surface area contributed by atoms with Crippen molar-refractivity contribution >= 4 is 43.1 Å². The number of hydrogen-bond donors (Lipinski definition) is 0. The van der Waals surface area contributed by atoms with E-state index >= 15 is 0 Å². The summed E-state index contributed by atoms with van der Waals surface area (Å²) in [5.41, 5.74) is 0.792. The number of benzene rings is 1. The van der Waals surface area contributed by atoms with Gasteiger partial charge < -0.3 is 0 Å². The second kappa shape index (κ2) is 3.79. The molecule has 4 heteroatoms. The summed E-state index contributed by atoms with van der Waals surface area (Å²) in [5, 5.41) is 1.53. The lowest BCUT2D eigenvalue weighted by Crippen LogP contribution is -2.02. The van der Waals surface area contributed by atoms with Gasteiger partial charge in [-0.2, -0.15) is 0 Å². The molecule has 0 aliphatic heterocycles. The van der Waals surface area contributed by atoms with E-state index in [9.17, 15) is 4.79 Å². The highest BCUT2D eigenvalue weighted by Gasteiger charge is 2.10. The number of rotatable bonds is 0. The topological polar surface area (TPSA) is 30.0 Å². The molecule has 1 aromatic carbocycles. The van der Waals surface area contributed by atoms with E-state index in [4.69, 9.17) is 11.6 Å². The van der Waals surface area contributed by atoms with Crippen LogP contribution in [-0.2, 0) is 0 Å². The van der Waals surface area contributed by atoms with Gasteiger partial charge in [0.1, 0.15) is 5.15 Å². The van der Waals surface area contributed by atoms with Crippen molar-refractivity contribution < 1.29 is 0 Å². The summed E-state index contributed by atoms with van der Waals surface area (Å²) in [6, 6.07) is 9.46. The number of aryl methyl sites for hydroxylation is 1. The van der Waals surface area contributed by atoms with Crippen molar-refractivity contribution in [3.05, 3.63) is 51.4 Å². The summed E-state index contributed by atoms with van der Waals surface area (Å²) < 4.78 is 1.87. The van der Waals surface area contributed by atoms with Crippen molar-refractivity contribution in [1.29, 1.82) is 0 Å². The van der Waals surface area contributed by atoms with Crippen molar-refractivity contribution in [2.45, 2.75) is 6.92 Å². The molecule has 2 nitrogen and oxygen atoms in total. The van der Waals surface area contributed by atoms with Crippen molar-refractivity contribution in [2.24, 2.45) is 0 Å². The van der Waals surface area contributed by atoms with Crippen LogP contribution in [0.15, 0.2) is 35.1 Å². The molecule has 0 saturated heterocycles. The normalized spacial score (nSPS) is 11.2. The van der Waals surface area contributed by atoms with Crippen LogP contribution in [0.2, 0.25) is 5.15 Å². The summed E-state index contributed by atoms with van der Waals surface area (Å²) in [7, 11) is 0. The van der Waals surface area contributed by atoms with Crippen LogP contribution < -0.4 is 5.43 Å². The monoisotopic (exact) mass is 261 g/mol. The fourth-order valence-electron chi connectivity index (χ4n) is 1.89. The fraction of sp³-hybridized carbons (Fsp3) is 0.0769. The standard InChI is InChI=1S/C13H8ClNOS/c1-7-6-10-11(13(14)15-7)12(16)8-4-2-3-5-9(8)17-10/h2-6H,1H3. The van der Waals surface area contributed by atoms with Crippen LogP contribution in [0.1, 0.15) is 5.69 Å². The first-order chi connectivity index (χ1) is 8.16. The van der Waals surface area contributed by atoms with Crippen molar-refractivity contribution in [3.63, 3.8) is 0 Å². The van der Waals surface area contributed by atoms with Gasteiger partial charge in [0, 0.05) is 20.5 Å². The van der Waals surface area contributed by atoms with E-state index in [-0.39, 0.29) is 5.43 Å². The Balaban J connectivity index is 2.64. The third-order valence-corrected chi connectivity index (χ3v) is 4.04. The Morgan fingerprint density at radius 2 is 2.00 bits per heavy atom. The Hall–Kier alpha value is -1.45. The van der Waals surface area contributed by atoms with Crippen LogP contribution in [0.25, 0.3) is 20.2 Å². The minimum atomic E-state index is -0.0353. The molecule has 0 atom stereocenters. The highest BCUT2D eigenvalue weighted by atomic mass is 35.5. The molecule has 17 heavy (non-hydrogen) atoms. The van der Waals surface area contributed by atoms with E-state index in [1.807, 2.05) is 37.3 Å². The molecule has 0 saturated carbocycles. The van der Waals surface area contributed by atoms with Crippen LogP contribution in [-0.4, -0.2) is 4.98 Å². The van der Waals surface area contributed by atoms with Crippen LogP contribution in [0, 0.1) is 6.92 Å². The zero-order valence-corrected chi connectivity index (χ0v) is 10.6. The van der Waals surface area contributed by atoms with Gasteiger partial charge >= 0.3 is 0 Å². The lowest BCUT2D eigenvalue weighted by molar-refractivity contribution is 1.23. The predicted octanol–water partition coefficient (Wildman–Crippen LogP) is 3.77. The first-order valence-electron chi connectivity index (χ1n) is 5.15. The van der Waals surface area contributed by atoms with Gasteiger partial charge in [0.25, 0.3) is 0 Å². The SMILES string of the molecule is Cc1cc2sc3ccccc3c(=O)c2c(Cl)n1. The van der Waals surface area contributed by atoms with E-state index in [0.717, 1.165) is 15.1 Å². The molecule has 0 aliphatic rings. The Kier molecular flexibility index (Phi) is 2.38. The number of aromatic nitrogens is 1. The first-order valence-corrected chi connectivity index (χ1v) is 6.35. The highest BCUT2D eigenvalue weighted by Crippen LogP contribution is 2.28.